The van der Waals surface area contributed by atoms with E-state index in [0.717, 1.165) is 10.5 Å². The fourth-order valence-electron chi connectivity index (χ4n) is 2.12. The molecule has 2 N–H and O–H groups in total. The Morgan fingerprint density at radius 2 is 1.95 bits per heavy atom. The van der Waals surface area contributed by atoms with Crippen LogP contribution in [0.4, 0.5) is 0 Å². The summed E-state index contributed by atoms with van der Waals surface area (Å²) in [6.07, 6.45) is 1.98. The van der Waals surface area contributed by atoms with Crippen LogP contribution in [0.25, 0.3) is 22.4 Å². The Morgan fingerprint density at radius 3 is 2.67 bits per heavy atom. The number of fused-ring (bicyclic) bond motifs is 1. The zero-order valence-electron chi connectivity index (χ0n) is 11.1. The number of imidazole rings is 1. The Labute approximate surface area is 126 Å². The van der Waals surface area contributed by atoms with E-state index in [2.05, 4.69) is 9.97 Å². The molecule has 0 unspecified atom stereocenters. The molecule has 0 fully saturated rings. The summed E-state index contributed by atoms with van der Waals surface area (Å²) >= 11 is 1.61. The number of aromatic amines is 1. The van der Waals surface area contributed by atoms with Crippen molar-refractivity contribution in [1.82, 2.24) is 9.97 Å². The predicted molar refractivity (Wildman–Crippen MR) is 83.1 cm³/mol. The molecule has 0 aliphatic rings. The number of thioether (sulfide) groups is 1. The van der Waals surface area contributed by atoms with Crippen molar-refractivity contribution >= 4 is 32.9 Å². The SMILES string of the molecule is CSc1ccccc1-c1nc2ccc(S(=O)(=O)O)cc2[nH]1. The van der Waals surface area contributed by atoms with Crippen LogP contribution in [0.3, 0.4) is 0 Å². The average Bonchev–Trinajstić information content (AvgIpc) is 2.89. The van der Waals surface area contributed by atoms with Gasteiger partial charge < -0.3 is 4.98 Å². The lowest BCUT2D eigenvalue weighted by molar-refractivity contribution is 0.483. The molecular weight excluding hydrogens is 308 g/mol. The summed E-state index contributed by atoms with van der Waals surface area (Å²) in [6.45, 7) is 0. The summed E-state index contributed by atoms with van der Waals surface area (Å²) in [5, 5.41) is 0. The van der Waals surface area contributed by atoms with Crippen LogP contribution in [0.5, 0.6) is 0 Å². The van der Waals surface area contributed by atoms with Crippen LogP contribution >= 0.6 is 11.8 Å². The maximum Gasteiger partial charge on any atom is 0.294 e. The maximum atomic E-state index is 11.2. The molecule has 0 saturated carbocycles. The monoisotopic (exact) mass is 320 g/mol. The molecule has 0 bridgehead atoms. The van der Waals surface area contributed by atoms with Crippen molar-refractivity contribution in [3.63, 3.8) is 0 Å². The molecule has 3 aromatic rings. The van der Waals surface area contributed by atoms with Crippen molar-refractivity contribution in [2.45, 2.75) is 9.79 Å². The Balaban J connectivity index is 2.18. The zero-order chi connectivity index (χ0) is 15.0. The minimum Gasteiger partial charge on any atom is -0.338 e. The maximum absolute atomic E-state index is 11.2. The Bertz CT molecular complexity index is 917. The van der Waals surface area contributed by atoms with Gasteiger partial charge in [-0.3, -0.25) is 4.55 Å². The molecule has 0 radical (unpaired) electrons. The van der Waals surface area contributed by atoms with Gasteiger partial charge in [0.2, 0.25) is 0 Å². The number of benzene rings is 2. The number of nitrogens with one attached hydrogen (secondary N) is 1. The number of H-pyrrole nitrogens is 1. The van der Waals surface area contributed by atoms with Crippen LogP contribution in [-0.4, -0.2) is 29.2 Å². The van der Waals surface area contributed by atoms with E-state index in [-0.39, 0.29) is 4.90 Å². The van der Waals surface area contributed by atoms with E-state index in [4.69, 9.17) is 4.55 Å². The molecule has 0 spiro atoms. The lowest BCUT2D eigenvalue weighted by Crippen LogP contribution is -1.97. The normalized spacial score (nSPS) is 11.9. The summed E-state index contributed by atoms with van der Waals surface area (Å²) < 4.78 is 31.4. The molecular formula is C14H12N2O3S2. The van der Waals surface area contributed by atoms with Gasteiger partial charge in [0.1, 0.15) is 5.82 Å². The molecule has 0 aliphatic heterocycles. The molecule has 0 atom stereocenters. The van der Waals surface area contributed by atoms with E-state index in [0.29, 0.717) is 16.9 Å². The number of hydrogen-bond donors (Lipinski definition) is 2. The fourth-order valence-corrected chi connectivity index (χ4v) is 3.22. The molecule has 0 saturated heterocycles. The van der Waals surface area contributed by atoms with Crippen molar-refractivity contribution in [1.29, 1.82) is 0 Å². The molecule has 1 aromatic heterocycles. The topological polar surface area (TPSA) is 83.1 Å². The van der Waals surface area contributed by atoms with Crippen LogP contribution in [-0.2, 0) is 10.1 Å². The number of nitrogens with zero attached hydrogens (tertiary/aromatic N) is 1. The molecule has 108 valence electrons. The fraction of sp³-hybridized carbons (Fsp3) is 0.0714. The lowest BCUT2D eigenvalue weighted by atomic mass is 10.2. The van der Waals surface area contributed by atoms with Crippen molar-refractivity contribution in [3.05, 3.63) is 42.5 Å². The zero-order valence-corrected chi connectivity index (χ0v) is 12.7. The first-order valence-electron chi connectivity index (χ1n) is 6.10. The molecule has 0 amide bonds. The summed E-state index contributed by atoms with van der Waals surface area (Å²) in [7, 11) is -4.21. The number of hydrogen-bond acceptors (Lipinski definition) is 4. The van der Waals surface area contributed by atoms with Crippen molar-refractivity contribution in [2.75, 3.05) is 6.26 Å². The molecule has 3 rings (SSSR count). The highest BCUT2D eigenvalue weighted by Crippen LogP contribution is 2.29. The first-order chi connectivity index (χ1) is 9.99. The first-order valence-corrected chi connectivity index (χ1v) is 8.76. The van der Waals surface area contributed by atoms with Gasteiger partial charge in [-0.2, -0.15) is 8.42 Å². The van der Waals surface area contributed by atoms with E-state index < -0.39 is 10.1 Å². The lowest BCUT2D eigenvalue weighted by Gasteiger charge is -2.02. The largest absolute Gasteiger partial charge is 0.338 e. The summed E-state index contributed by atoms with van der Waals surface area (Å²) in [5.41, 5.74) is 2.17. The highest BCUT2D eigenvalue weighted by atomic mass is 32.2. The van der Waals surface area contributed by atoms with E-state index in [9.17, 15) is 8.42 Å². The smallest absolute Gasteiger partial charge is 0.294 e. The highest BCUT2D eigenvalue weighted by Gasteiger charge is 2.13. The van der Waals surface area contributed by atoms with Gasteiger partial charge in [-0.1, -0.05) is 18.2 Å². The van der Waals surface area contributed by atoms with Gasteiger partial charge in [-0.05, 0) is 30.5 Å². The molecule has 2 aromatic carbocycles. The highest BCUT2D eigenvalue weighted by molar-refractivity contribution is 7.98. The standard InChI is InChI=1S/C14H12N2O3S2/c1-20-13-5-3-2-4-10(13)14-15-11-7-6-9(21(17,18)19)8-12(11)16-14/h2-8H,1H3,(H,15,16)(H,17,18,19). The van der Waals surface area contributed by atoms with E-state index >= 15 is 0 Å². The van der Waals surface area contributed by atoms with E-state index in [1.165, 1.54) is 12.1 Å². The van der Waals surface area contributed by atoms with Crippen LogP contribution in [0.1, 0.15) is 0 Å². The van der Waals surface area contributed by atoms with Crippen LogP contribution in [0.2, 0.25) is 0 Å². The molecule has 1 heterocycles. The minimum atomic E-state index is -4.21. The summed E-state index contributed by atoms with van der Waals surface area (Å²) in [4.78, 5) is 8.49. The predicted octanol–water partition coefficient (Wildman–Crippen LogP) is 3.20. The minimum absolute atomic E-state index is 0.150. The van der Waals surface area contributed by atoms with Gasteiger partial charge in [0.25, 0.3) is 10.1 Å². The van der Waals surface area contributed by atoms with Crippen molar-refractivity contribution in [3.8, 4) is 11.4 Å². The van der Waals surface area contributed by atoms with Crippen LogP contribution in [0, 0.1) is 0 Å². The van der Waals surface area contributed by atoms with Crippen molar-refractivity contribution in [2.24, 2.45) is 0 Å². The third-order valence-corrected chi connectivity index (χ3v) is 4.76. The molecule has 7 heteroatoms. The number of aromatic nitrogens is 2. The quantitative estimate of drug-likeness (QED) is 0.572. The van der Waals surface area contributed by atoms with Crippen LogP contribution in [0.15, 0.2) is 52.3 Å². The third kappa shape index (κ3) is 2.67. The van der Waals surface area contributed by atoms with Gasteiger partial charge in [-0.15, -0.1) is 11.8 Å². The third-order valence-electron chi connectivity index (χ3n) is 3.11. The van der Waals surface area contributed by atoms with Crippen molar-refractivity contribution < 1.29 is 13.0 Å². The van der Waals surface area contributed by atoms with E-state index in [1.807, 2.05) is 30.5 Å². The van der Waals surface area contributed by atoms with Gasteiger partial charge in [0, 0.05) is 10.5 Å². The Hall–Kier alpha value is -1.83. The van der Waals surface area contributed by atoms with Crippen LogP contribution < -0.4 is 0 Å². The second-order valence-corrected chi connectivity index (χ2v) is 6.71. The van der Waals surface area contributed by atoms with Gasteiger partial charge in [0.05, 0.1) is 15.9 Å². The van der Waals surface area contributed by atoms with Gasteiger partial charge in [-0.25, -0.2) is 4.98 Å². The van der Waals surface area contributed by atoms with Gasteiger partial charge >= 0.3 is 0 Å². The van der Waals surface area contributed by atoms with E-state index in [1.54, 1.807) is 17.8 Å². The summed E-state index contributed by atoms with van der Waals surface area (Å²) in [6, 6.07) is 12.1. The second kappa shape index (κ2) is 5.18. The molecule has 0 aliphatic carbocycles. The number of rotatable bonds is 3. The Morgan fingerprint density at radius 1 is 1.19 bits per heavy atom. The summed E-state index contributed by atoms with van der Waals surface area (Å²) in [5.74, 6) is 0.669. The average molecular weight is 320 g/mol. The molecule has 5 nitrogen and oxygen atoms in total. The Kier molecular flexibility index (Phi) is 3.48. The van der Waals surface area contributed by atoms with Gasteiger partial charge in [0.15, 0.2) is 0 Å². The second-order valence-electron chi connectivity index (χ2n) is 4.44. The molecule has 21 heavy (non-hydrogen) atoms. The first kappa shape index (κ1) is 14.1.